The first kappa shape index (κ1) is 13.1. The molecule has 2 aromatic rings. The highest BCUT2D eigenvalue weighted by Crippen LogP contribution is 2.23. The van der Waals surface area contributed by atoms with Crippen molar-refractivity contribution in [2.45, 2.75) is 13.3 Å². The number of amides is 1. The minimum absolute atomic E-state index is 0.0903. The van der Waals surface area contributed by atoms with Crippen LogP contribution in [0.25, 0.3) is 0 Å². The van der Waals surface area contributed by atoms with E-state index in [1.165, 1.54) is 0 Å². The van der Waals surface area contributed by atoms with Gasteiger partial charge in [-0.3, -0.25) is 9.48 Å². The average molecular weight is 259 g/mol. The Bertz CT molecular complexity index is 590. The number of rotatable bonds is 4. The van der Waals surface area contributed by atoms with E-state index in [-0.39, 0.29) is 12.3 Å². The number of aromatic nitrogens is 2. The first-order valence-electron chi connectivity index (χ1n) is 6.02. The van der Waals surface area contributed by atoms with Gasteiger partial charge in [-0.05, 0) is 25.1 Å². The molecule has 0 bridgehead atoms. The third kappa shape index (κ3) is 3.13. The van der Waals surface area contributed by atoms with Crippen molar-refractivity contribution in [2.24, 2.45) is 7.05 Å². The Morgan fingerprint density at radius 2 is 2.16 bits per heavy atom. The minimum Gasteiger partial charge on any atom is -0.495 e. The van der Waals surface area contributed by atoms with E-state index < -0.39 is 0 Å². The highest BCUT2D eigenvalue weighted by atomic mass is 16.5. The summed E-state index contributed by atoms with van der Waals surface area (Å²) in [4.78, 5) is 12.0. The van der Waals surface area contributed by atoms with Gasteiger partial charge in [-0.2, -0.15) is 5.10 Å². The molecule has 0 saturated heterocycles. The van der Waals surface area contributed by atoms with E-state index in [0.717, 1.165) is 11.4 Å². The molecular formula is C14H17N3O2. The van der Waals surface area contributed by atoms with Crippen LogP contribution in [-0.4, -0.2) is 22.8 Å². The molecule has 1 aromatic heterocycles. The van der Waals surface area contributed by atoms with Gasteiger partial charge in [-0.1, -0.05) is 12.1 Å². The normalized spacial score (nSPS) is 10.3. The number of benzene rings is 1. The van der Waals surface area contributed by atoms with Crippen molar-refractivity contribution >= 4 is 11.6 Å². The van der Waals surface area contributed by atoms with Crippen molar-refractivity contribution in [3.05, 3.63) is 41.7 Å². The summed E-state index contributed by atoms with van der Waals surface area (Å²) in [5.41, 5.74) is 2.46. The number of ether oxygens (including phenoxy) is 1. The minimum atomic E-state index is -0.0903. The highest BCUT2D eigenvalue weighted by molar-refractivity contribution is 5.93. The number of para-hydroxylation sites is 2. The maximum Gasteiger partial charge on any atom is 0.230 e. The molecule has 0 radical (unpaired) electrons. The van der Waals surface area contributed by atoms with Crippen molar-refractivity contribution in [2.75, 3.05) is 12.4 Å². The number of carbonyl (C=O) groups is 1. The van der Waals surface area contributed by atoms with Gasteiger partial charge in [0.25, 0.3) is 0 Å². The van der Waals surface area contributed by atoms with Gasteiger partial charge in [0.2, 0.25) is 5.91 Å². The van der Waals surface area contributed by atoms with Crippen LogP contribution in [0.15, 0.2) is 30.3 Å². The SMILES string of the molecule is COc1ccccc1NC(=O)Cc1cc(C)nn1C. The summed E-state index contributed by atoms with van der Waals surface area (Å²) in [6.07, 6.45) is 0.287. The maximum absolute atomic E-state index is 12.0. The van der Waals surface area contributed by atoms with Crippen molar-refractivity contribution in [1.29, 1.82) is 0 Å². The number of anilines is 1. The summed E-state index contributed by atoms with van der Waals surface area (Å²) in [7, 11) is 3.41. The van der Waals surface area contributed by atoms with E-state index in [1.807, 2.05) is 44.3 Å². The summed E-state index contributed by atoms with van der Waals surface area (Å²) < 4.78 is 6.91. The van der Waals surface area contributed by atoms with Crippen molar-refractivity contribution in [3.8, 4) is 5.75 Å². The van der Waals surface area contributed by atoms with Gasteiger partial charge in [0.1, 0.15) is 5.75 Å². The van der Waals surface area contributed by atoms with Crippen LogP contribution in [0, 0.1) is 6.92 Å². The second-order valence-electron chi connectivity index (χ2n) is 4.33. The molecule has 0 atom stereocenters. The van der Waals surface area contributed by atoms with Crippen molar-refractivity contribution < 1.29 is 9.53 Å². The molecule has 1 heterocycles. The van der Waals surface area contributed by atoms with Gasteiger partial charge >= 0.3 is 0 Å². The standard InChI is InChI=1S/C14H17N3O2/c1-10-8-11(17(2)16-10)9-14(18)15-12-6-4-5-7-13(12)19-3/h4-8H,9H2,1-3H3,(H,15,18). The molecule has 0 spiro atoms. The zero-order valence-corrected chi connectivity index (χ0v) is 11.3. The summed E-state index contributed by atoms with van der Waals surface area (Å²) in [5, 5.41) is 7.06. The molecule has 2 rings (SSSR count). The number of hydrogen-bond donors (Lipinski definition) is 1. The first-order chi connectivity index (χ1) is 9.10. The first-order valence-corrected chi connectivity index (χ1v) is 6.02. The summed E-state index contributed by atoms with van der Waals surface area (Å²) in [6, 6.07) is 9.24. The molecule has 5 nitrogen and oxygen atoms in total. The molecule has 5 heteroatoms. The molecule has 1 aromatic carbocycles. The Morgan fingerprint density at radius 3 is 2.79 bits per heavy atom. The van der Waals surface area contributed by atoms with Crippen molar-refractivity contribution in [1.82, 2.24) is 9.78 Å². The smallest absolute Gasteiger partial charge is 0.230 e. The number of hydrogen-bond acceptors (Lipinski definition) is 3. The molecular weight excluding hydrogens is 242 g/mol. The van der Waals surface area contributed by atoms with E-state index in [1.54, 1.807) is 11.8 Å². The zero-order valence-electron chi connectivity index (χ0n) is 11.3. The van der Waals surface area contributed by atoms with E-state index >= 15 is 0 Å². The third-order valence-electron chi connectivity index (χ3n) is 2.82. The summed E-state index contributed by atoms with van der Waals surface area (Å²) in [5.74, 6) is 0.560. The molecule has 1 N–H and O–H groups in total. The van der Waals surface area contributed by atoms with Gasteiger partial charge in [0, 0.05) is 12.7 Å². The lowest BCUT2D eigenvalue weighted by molar-refractivity contribution is -0.115. The molecule has 100 valence electrons. The molecule has 0 fully saturated rings. The van der Waals surface area contributed by atoms with E-state index in [9.17, 15) is 4.79 Å². The number of nitrogens with one attached hydrogen (secondary N) is 1. The fourth-order valence-electron chi connectivity index (χ4n) is 1.94. The molecule has 0 saturated carbocycles. The third-order valence-corrected chi connectivity index (χ3v) is 2.82. The highest BCUT2D eigenvalue weighted by Gasteiger charge is 2.10. The predicted octanol–water partition coefficient (Wildman–Crippen LogP) is 1.92. The van der Waals surface area contributed by atoms with Crippen LogP contribution in [0.1, 0.15) is 11.4 Å². The van der Waals surface area contributed by atoms with Crippen LogP contribution in [0.2, 0.25) is 0 Å². The second-order valence-corrected chi connectivity index (χ2v) is 4.33. The fraction of sp³-hybridized carbons (Fsp3) is 0.286. The van der Waals surface area contributed by atoms with E-state index in [4.69, 9.17) is 4.74 Å². The molecule has 1 amide bonds. The molecule has 0 aliphatic carbocycles. The van der Waals surface area contributed by atoms with Crippen LogP contribution < -0.4 is 10.1 Å². The second kappa shape index (κ2) is 5.56. The topological polar surface area (TPSA) is 56.1 Å². The Balaban J connectivity index is 2.07. The number of aryl methyl sites for hydroxylation is 2. The Hall–Kier alpha value is -2.30. The number of nitrogens with zero attached hydrogens (tertiary/aromatic N) is 2. The average Bonchev–Trinajstić information content (AvgIpc) is 2.68. The lowest BCUT2D eigenvalue weighted by atomic mass is 10.2. The van der Waals surface area contributed by atoms with Gasteiger partial charge < -0.3 is 10.1 Å². The van der Waals surface area contributed by atoms with Gasteiger partial charge in [0.15, 0.2) is 0 Å². The number of carbonyl (C=O) groups excluding carboxylic acids is 1. The monoisotopic (exact) mass is 259 g/mol. The molecule has 0 aliphatic rings. The Kier molecular flexibility index (Phi) is 3.85. The molecule has 0 aliphatic heterocycles. The Morgan fingerprint density at radius 1 is 1.42 bits per heavy atom. The fourth-order valence-corrected chi connectivity index (χ4v) is 1.94. The molecule has 0 unspecified atom stereocenters. The van der Waals surface area contributed by atoms with Crippen LogP contribution in [0.3, 0.4) is 0 Å². The summed E-state index contributed by atoms with van der Waals surface area (Å²) >= 11 is 0. The maximum atomic E-state index is 12.0. The lowest BCUT2D eigenvalue weighted by Gasteiger charge is -2.09. The Labute approximate surface area is 112 Å². The van der Waals surface area contributed by atoms with Crippen LogP contribution in [-0.2, 0) is 18.3 Å². The predicted molar refractivity (Wildman–Crippen MR) is 73.3 cm³/mol. The van der Waals surface area contributed by atoms with Gasteiger partial charge in [0.05, 0.1) is 24.9 Å². The molecule has 19 heavy (non-hydrogen) atoms. The van der Waals surface area contributed by atoms with Crippen molar-refractivity contribution in [3.63, 3.8) is 0 Å². The van der Waals surface area contributed by atoms with Crippen LogP contribution in [0.4, 0.5) is 5.69 Å². The van der Waals surface area contributed by atoms with Crippen LogP contribution >= 0.6 is 0 Å². The van der Waals surface area contributed by atoms with E-state index in [0.29, 0.717) is 11.4 Å². The summed E-state index contributed by atoms with van der Waals surface area (Å²) in [6.45, 7) is 1.90. The van der Waals surface area contributed by atoms with E-state index in [2.05, 4.69) is 10.4 Å². The zero-order chi connectivity index (χ0) is 13.8. The number of methoxy groups -OCH3 is 1. The van der Waals surface area contributed by atoms with Crippen LogP contribution in [0.5, 0.6) is 5.75 Å². The van der Waals surface area contributed by atoms with Gasteiger partial charge in [-0.15, -0.1) is 0 Å². The quantitative estimate of drug-likeness (QED) is 0.912. The largest absolute Gasteiger partial charge is 0.495 e. The lowest BCUT2D eigenvalue weighted by Crippen LogP contribution is -2.16. The van der Waals surface area contributed by atoms with Gasteiger partial charge in [-0.25, -0.2) is 0 Å².